The Labute approximate surface area is 342 Å². The van der Waals surface area contributed by atoms with E-state index in [0.717, 1.165) is 66.9 Å². The number of imidazole rings is 1. The molecule has 0 bridgehead atoms. The summed E-state index contributed by atoms with van der Waals surface area (Å²) in [6.07, 6.45) is 2.09. The molecule has 0 atom stereocenters. The van der Waals surface area contributed by atoms with E-state index in [1.54, 1.807) is 6.07 Å². The van der Waals surface area contributed by atoms with Crippen molar-refractivity contribution >= 4 is 27.6 Å². The number of phenolic OH excluding ortho intramolecular Hbond substituents is 1. The van der Waals surface area contributed by atoms with Gasteiger partial charge in [0.15, 0.2) is 0 Å². The predicted molar refractivity (Wildman–Crippen MR) is 225 cm³/mol. The van der Waals surface area contributed by atoms with Crippen LogP contribution in [0.4, 0.5) is 0 Å². The van der Waals surface area contributed by atoms with Crippen molar-refractivity contribution in [3.8, 4) is 61.9 Å². The molecule has 0 aliphatic heterocycles. The van der Waals surface area contributed by atoms with Crippen LogP contribution in [0.15, 0.2) is 144 Å². The zero-order chi connectivity index (χ0) is 38.1. The van der Waals surface area contributed by atoms with Gasteiger partial charge in [0.25, 0.3) is 0 Å². The fourth-order valence-electron chi connectivity index (χ4n) is 7.47. The zero-order valence-corrected chi connectivity index (χ0v) is 34.6. The number of aromatic nitrogens is 3. The average molecular weight is 912 g/mol. The molecule has 0 radical (unpaired) electrons. The third kappa shape index (κ3) is 6.65. The quantitative estimate of drug-likeness (QED) is 0.175. The molecule has 0 saturated heterocycles. The standard InChI is InChI=1S/C50H42N3O2.Pt/c1-49(2,3)36-26-35(27-37(30-36)50(4,5)6)47-46(52-44-21-12-13-24-53(44)47)33-18-14-17-32(25-33)40-28-34(31-15-8-7-9-16-31)29-41(51-40)45-42(54)23-22-39-38-19-10-11-20-43(38)55-48(39)45;/h7-24,26-30,54H,1-6H3;/q-1;. The van der Waals surface area contributed by atoms with Crippen LogP contribution in [0.5, 0.6) is 5.75 Å². The number of aromatic hydroxyl groups is 1. The number of pyridine rings is 2. The topological polar surface area (TPSA) is 63.6 Å². The van der Waals surface area contributed by atoms with Gasteiger partial charge in [0.1, 0.15) is 22.6 Å². The third-order valence-electron chi connectivity index (χ3n) is 10.5. The Bertz CT molecular complexity index is 2880. The minimum atomic E-state index is -0.0447. The van der Waals surface area contributed by atoms with Crippen molar-refractivity contribution in [3.63, 3.8) is 0 Å². The van der Waals surface area contributed by atoms with Gasteiger partial charge in [-0.2, -0.15) is 0 Å². The molecule has 0 spiro atoms. The fourth-order valence-corrected chi connectivity index (χ4v) is 7.47. The molecule has 5 aromatic carbocycles. The molecule has 0 amide bonds. The molecule has 0 saturated carbocycles. The Morgan fingerprint density at radius 2 is 1.27 bits per heavy atom. The first-order valence-electron chi connectivity index (χ1n) is 18.8. The first kappa shape index (κ1) is 37.2. The van der Waals surface area contributed by atoms with Gasteiger partial charge in [0.2, 0.25) is 0 Å². The van der Waals surface area contributed by atoms with Crippen LogP contribution in [0, 0.1) is 6.07 Å². The first-order chi connectivity index (χ1) is 26.4. The van der Waals surface area contributed by atoms with Gasteiger partial charge in [-0.05, 0) is 87.2 Å². The van der Waals surface area contributed by atoms with Crippen LogP contribution in [0.25, 0.3) is 83.7 Å². The van der Waals surface area contributed by atoms with Crippen LogP contribution in [0.3, 0.4) is 0 Å². The normalized spacial score (nSPS) is 12.0. The summed E-state index contributed by atoms with van der Waals surface area (Å²) in [7, 11) is 0. The van der Waals surface area contributed by atoms with Crippen LogP contribution in [-0.4, -0.2) is 19.5 Å². The second-order valence-corrected chi connectivity index (χ2v) is 16.4. The molecule has 0 aliphatic carbocycles. The molecule has 1 N–H and O–H groups in total. The number of benzene rings is 5. The zero-order valence-electron chi connectivity index (χ0n) is 32.3. The van der Waals surface area contributed by atoms with E-state index >= 15 is 0 Å². The van der Waals surface area contributed by atoms with Gasteiger partial charge in [-0.3, -0.25) is 9.97 Å². The number of fused-ring (bicyclic) bond motifs is 4. The molecular formula is C50H42N3O2Pt-. The molecule has 5 nitrogen and oxygen atoms in total. The van der Waals surface area contributed by atoms with E-state index in [9.17, 15) is 5.11 Å². The molecule has 0 fully saturated rings. The van der Waals surface area contributed by atoms with Gasteiger partial charge in [-0.25, -0.2) is 0 Å². The Morgan fingerprint density at radius 1 is 0.589 bits per heavy atom. The molecule has 0 unspecified atom stereocenters. The van der Waals surface area contributed by atoms with Crippen LogP contribution < -0.4 is 0 Å². The molecule has 9 rings (SSSR count). The van der Waals surface area contributed by atoms with Gasteiger partial charge < -0.3 is 13.9 Å². The summed E-state index contributed by atoms with van der Waals surface area (Å²) in [5, 5.41) is 13.3. The van der Waals surface area contributed by atoms with Crippen LogP contribution in [-0.2, 0) is 31.9 Å². The van der Waals surface area contributed by atoms with Gasteiger partial charge >= 0.3 is 0 Å². The van der Waals surface area contributed by atoms with Crippen molar-refractivity contribution in [2.24, 2.45) is 0 Å². The predicted octanol–water partition coefficient (Wildman–Crippen LogP) is 13.1. The van der Waals surface area contributed by atoms with E-state index in [1.807, 2.05) is 66.7 Å². The van der Waals surface area contributed by atoms with E-state index < -0.39 is 0 Å². The minimum absolute atomic E-state index is 0. The molecule has 0 aliphatic rings. The number of rotatable bonds is 5. The Kier molecular flexibility index (Phi) is 9.33. The van der Waals surface area contributed by atoms with Crippen LogP contribution >= 0.6 is 0 Å². The van der Waals surface area contributed by atoms with E-state index in [4.69, 9.17) is 14.4 Å². The molecule has 4 heterocycles. The summed E-state index contributed by atoms with van der Waals surface area (Å²) < 4.78 is 8.60. The number of hydrogen-bond acceptors (Lipinski definition) is 4. The largest absolute Gasteiger partial charge is 0.507 e. The smallest absolute Gasteiger partial charge is 0.148 e. The van der Waals surface area contributed by atoms with Crippen molar-refractivity contribution in [1.29, 1.82) is 0 Å². The first-order valence-corrected chi connectivity index (χ1v) is 18.8. The molecule has 4 aromatic heterocycles. The average Bonchev–Trinajstić information content (AvgIpc) is 3.76. The van der Waals surface area contributed by atoms with E-state index in [0.29, 0.717) is 16.8 Å². The summed E-state index contributed by atoms with van der Waals surface area (Å²) >= 11 is 0. The molecule has 280 valence electrons. The second-order valence-electron chi connectivity index (χ2n) is 16.4. The Balaban J connectivity index is 0.00000441. The summed E-state index contributed by atoms with van der Waals surface area (Å²) in [6, 6.07) is 49.0. The van der Waals surface area contributed by atoms with Crippen molar-refractivity contribution < 1.29 is 30.6 Å². The van der Waals surface area contributed by atoms with Crippen LogP contribution in [0.1, 0.15) is 52.7 Å². The van der Waals surface area contributed by atoms with E-state index in [2.05, 4.69) is 119 Å². The van der Waals surface area contributed by atoms with Crippen LogP contribution in [0.2, 0.25) is 0 Å². The monoisotopic (exact) mass is 911 g/mol. The summed E-state index contributed by atoms with van der Waals surface area (Å²) in [5.41, 5.74) is 13.3. The summed E-state index contributed by atoms with van der Waals surface area (Å²) in [5.74, 6) is 0.106. The summed E-state index contributed by atoms with van der Waals surface area (Å²) in [4.78, 5) is 10.5. The van der Waals surface area contributed by atoms with Crippen molar-refractivity contribution in [2.75, 3.05) is 0 Å². The van der Waals surface area contributed by atoms with Gasteiger partial charge in [0, 0.05) is 55.1 Å². The number of phenols is 1. The minimum Gasteiger partial charge on any atom is -0.507 e. The molecule has 6 heteroatoms. The number of para-hydroxylation sites is 1. The third-order valence-corrected chi connectivity index (χ3v) is 10.5. The maximum atomic E-state index is 11.4. The van der Waals surface area contributed by atoms with Crippen molar-refractivity contribution in [1.82, 2.24) is 14.4 Å². The number of hydrogen-bond donors (Lipinski definition) is 1. The number of nitrogens with zero attached hydrogens (tertiary/aromatic N) is 3. The van der Waals surface area contributed by atoms with E-state index in [-0.39, 0.29) is 37.6 Å². The Morgan fingerprint density at radius 3 is 2.02 bits per heavy atom. The van der Waals surface area contributed by atoms with Gasteiger partial charge in [-0.1, -0.05) is 119 Å². The van der Waals surface area contributed by atoms with Crippen molar-refractivity contribution in [3.05, 3.63) is 157 Å². The second kappa shape index (κ2) is 14.1. The molecule has 56 heavy (non-hydrogen) atoms. The van der Waals surface area contributed by atoms with Gasteiger partial charge in [-0.15, -0.1) is 24.3 Å². The number of furan rings is 1. The summed E-state index contributed by atoms with van der Waals surface area (Å²) in [6.45, 7) is 13.6. The SMILES string of the molecule is CC(C)(C)c1cc(-c2c(-c3[c-]c(-c4cc(-c5ccccc5)cc(-c5c(O)ccc6c5oc5ccccc56)n4)ccc3)nc3ccccn23)cc(C(C)(C)C)c1.[Pt]. The molecular weight excluding hydrogens is 870 g/mol. The maximum Gasteiger partial charge on any atom is 0.148 e. The Hall–Kier alpha value is -5.77. The maximum absolute atomic E-state index is 11.4. The molecule has 9 aromatic rings. The van der Waals surface area contributed by atoms with Crippen molar-refractivity contribution in [2.45, 2.75) is 52.4 Å². The van der Waals surface area contributed by atoms with Gasteiger partial charge in [0.05, 0.1) is 11.3 Å². The van der Waals surface area contributed by atoms with E-state index in [1.165, 1.54) is 11.1 Å². The fraction of sp³-hybridized carbons (Fsp3) is 0.160.